The Morgan fingerprint density at radius 1 is 1.23 bits per heavy atom. The Bertz CT molecular complexity index is 1270. The molecule has 5 rings (SSSR count). The summed E-state index contributed by atoms with van der Waals surface area (Å²) in [5.74, 6) is -0.900. The number of aryl methyl sites for hydroxylation is 1. The molecule has 0 radical (unpaired) electrons. The van der Waals surface area contributed by atoms with Crippen molar-refractivity contribution in [1.29, 1.82) is 0 Å². The van der Waals surface area contributed by atoms with Crippen LogP contribution in [0.15, 0.2) is 23.3 Å². The van der Waals surface area contributed by atoms with Gasteiger partial charge in [-0.3, -0.25) is 14.2 Å². The summed E-state index contributed by atoms with van der Waals surface area (Å²) in [6.45, 7) is 1.81. The summed E-state index contributed by atoms with van der Waals surface area (Å²) in [5, 5.41) is 15.9. The lowest BCUT2D eigenvalue weighted by molar-refractivity contribution is 0.0701. The summed E-state index contributed by atoms with van der Waals surface area (Å²) in [6, 6.07) is 3.14. The molecule has 30 heavy (non-hydrogen) atoms. The molecule has 1 amide bonds. The third kappa shape index (κ3) is 2.71. The number of hydrogen-bond acceptors (Lipinski definition) is 7. The van der Waals surface area contributed by atoms with Gasteiger partial charge in [0, 0.05) is 0 Å². The zero-order valence-electron chi connectivity index (χ0n) is 16.2. The SMILES string of the molecule is Cc1cc(Nc2ncnc3sc(C(=O)O)cc23)c(=O)n2c1C(=O)NC21CCCCC1. The first-order valence-corrected chi connectivity index (χ1v) is 10.6. The second kappa shape index (κ2) is 6.63. The molecule has 4 heterocycles. The van der Waals surface area contributed by atoms with E-state index in [-0.39, 0.29) is 16.3 Å². The summed E-state index contributed by atoms with van der Waals surface area (Å²) >= 11 is 1.05. The number of hydrogen-bond donors (Lipinski definition) is 3. The highest BCUT2D eigenvalue weighted by Crippen LogP contribution is 2.38. The van der Waals surface area contributed by atoms with Gasteiger partial charge in [0.2, 0.25) is 0 Å². The molecule has 3 aromatic rings. The van der Waals surface area contributed by atoms with E-state index in [4.69, 9.17) is 0 Å². The second-order valence-electron chi connectivity index (χ2n) is 7.76. The van der Waals surface area contributed by atoms with Gasteiger partial charge in [0.1, 0.15) is 38.9 Å². The number of rotatable bonds is 3. The van der Waals surface area contributed by atoms with Crippen LogP contribution in [-0.2, 0) is 5.66 Å². The molecular formula is C20H19N5O4S. The van der Waals surface area contributed by atoms with Crippen LogP contribution in [0.1, 0.15) is 57.8 Å². The molecule has 1 aliphatic carbocycles. The first-order valence-electron chi connectivity index (χ1n) is 9.74. The maximum absolute atomic E-state index is 13.5. The number of carboxylic acid groups (broad SMARTS) is 1. The van der Waals surface area contributed by atoms with Gasteiger partial charge in [-0.05, 0) is 50.3 Å². The topological polar surface area (TPSA) is 126 Å². The van der Waals surface area contributed by atoms with Gasteiger partial charge in [-0.15, -0.1) is 11.3 Å². The number of aromatic nitrogens is 3. The molecule has 0 aromatic carbocycles. The fourth-order valence-electron chi connectivity index (χ4n) is 4.52. The number of carbonyl (C=O) groups is 2. The number of amides is 1. The number of nitrogens with one attached hydrogen (secondary N) is 2. The Morgan fingerprint density at radius 3 is 2.73 bits per heavy atom. The molecule has 0 unspecified atom stereocenters. The van der Waals surface area contributed by atoms with E-state index >= 15 is 0 Å². The Kier molecular flexibility index (Phi) is 4.14. The van der Waals surface area contributed by atoms with Gasteiger partial charge < -0.3 is 15.7 Å². The van der Waals surface area contributed by atoms with Gasteiger partial charge in [0.15, 0.2) is 0 Å². The Hall–Kier alpha value is -3.27. The summed E-state index contributed by atoms with van der Waals surface area (Å²) in [6.07, 6.45) is 5.75. The van der Waals surface area contributed by atoms with E-state index in [0.29, 0.717) is 33.0 Å². The predicted octanol–water partition coefficient (Wildman–Crippen LogP) is 2.96. The van der Waals surface area contributed by atoms with E-state index in [0.717, 1.165) is 43.4 Å². The van der Waals surface area contributed by atoms with Crippen molar-refractivity contribution in [2.75, 3.05) is 5.32 Å². The van der Waals surface area contributed by atoms with Crippen LogP contribution < -0.4 is 16.2 Å². The minimum Gasteiger partial charge on any atom is -0.477 e. The fourth-order valence-corrected chi connectivity index (χ4v) is 5.36. The van der Waals surface area contributed by atoms with Crippen LogP contribution in [0.25, 0.3) is 10.2 Å². The summed E-state index contributed by atoms with van der Waals surface area (Å²) in [4.78, 5) is 46.4. The number of pyridine rings is 1. The van der Waals surface area contributed by atoms with Gasteiger partial charge in [0.05, 0.1) is 5.39 Å². The van der Waals surface area contributed by atoms with Crippen LogP contribution in [0.2, 0.25) is 0 Å². The number of thiophene rings is 1. The maximum Gasteiger partial charge on any atom is 0.345 e. The Morgan fingerprint density at radius 2 is 2.00 bits per heavy atom. The van der Waals surface area contributed by atoms with Gasteiger partial charge in [-0.25, -0.2) is 14.8 Å². The lowest BCUT2D eigenvalue weighted by Gasteiger charge is -2.35. The van der Waals surface area contributed by atoms with Gasteiger partial charge in [-0.1, -0.05) is 6.42 Å². The van der Waals surface area contributed by atoms with Crippen LogP contribution in [0, 0.1) is 6.92 Å². The van der Waals surface area contributed by atoms with E-state index in [1.165, 1.54) is 12.4 Å². The van der Waals surface area contributed by atoms with E-state index < -0.39 is 11.6 Å². The van der Waals surface area contributed by atoms with Crippen LogP contribution >= 0.6 is 11.3 Å². The summed E-state index contributed by atoms with van der Waals surface area (Å²) in [5.41, 5.74) is 0.421. The summed E-state index contributed by atoms with van der Waals surface area (Å²) in [7, 11) is 0. The number of carbonyl (C=O) groups excluding carboxylic acids is 1. The molecule has 3 aromatic heterocycles. The van der Waals surface area contributed by atoms with Crippen molar-refractivity contribution in [2.24, 2.45) is 0 Å². The summed E-state index contributed by atoms with van der Waals surface area (Å²) < 4.78 is 1.61. The number of aromatic carboxylic acids is 1. The minimum atomic E-state index is -1.04. The van der Waals surface area contributed by atoms with Crippen LogP contribution in [0.4, 0.5) is 11.5 Å². The second-order valence-corrected chi connectivity index (χ2v) is 8.79. The number of carboxylic acids is 1. The van der Waals surface area contributed by atoms with Crippen LogP contribution in [-0.4, -0.2) is 31.5 Å². The quantitative estimate of drug-likeness (QED) is 0.589. The molecule has 10 heteroatoms. The molecule has 1 saturated carbocycles. The van der Waals surface area contributed by atoms with Gasteiger partial charge in [-0.2, -0.15) is 0 Å². The molecule has 154 valence electrons. The zero-order chi connectivity index (χ0) is 21.0. The molecule has 9 nitrogen and oxygen atoms in total. The van der Waals surface area contributed by atoms with Crippen molar-refractivity contribution in [3.63, 3.8) is 0 Å². The molecule has 1 spiro atoms. The lowest BCUT2D eigenvalue weighted by Crippen LogP contribution is -2.48. The normalized spacial score (nSPS) is 17.2. The van der Waals surface area contributed by atoms with Crippen molar-refractivity contribution >= 4 is 44.9 Å². The van der Waals surface area contributed by atoms with E-state index in [9.17, 15) is 19.5 Å². The average Bonchev–Trinajstić information content (AvgIpc) is 3.27. The highest BCUT2D eigenvalue weighted by Gasteiger charge is 2.45. The number of nitrogens with zero attached hydrogens (tertiary/aromatic N) is 3. The van der Waals surface area contributed by atoms with Crippen LogP contribution in [0.3, 0.4) is 0 Å². The Labute approximate surface area is 174 Å². The molecule has 0 atom stereocenters. The lowest BCUT2D eigenvalue weighted by atomic mass is 9.89. The molecule has 2 aliphatic rings. The first-order chi connectivity index (χ1) is 14.4. The van der Waals surface area contributed by atoms with E-state index in [1.54, 1.807) is 17.6 Å². The van der Waals surface area contributed by atoms with Crippen molar-refractivity contribution in [3.05, 3.63) is 44.9 Å². The third-order valence-corrected chi connectivity index (χ3v) is 6.89. The van der Waals surface area contributed by atoms with Crippen molar-refractivity contribution < 1.29 is 14.7 Å². The molecule has 1 aliphatic heterocycles. The molecular weight excluding hydrogens is 406 g/mol. The van der Waals surface area contributed by atoms with E-state index in [1.807, 2.05) is 0 Å². The molecule has 1 fully saturated rings. The maximum atomic E-state index is 13.5. The smallest absolute Gasteiger partial charge is 0.345 e. The van der Waals surface area contributed by atoms with Crippen molar-refractivity contribution in [2.45, 2.75) is 44.7 Å². The van der Waals surface area contributed by atoms with Crippen LogP contribution in [0.5, 0.6) is 0 Å². The minimum absolute atomic E-state index is 0.145. The number of fused-ring (bicyclic) bond motifs is 3. The highest BCUT2D eigenvalue weighted by molar-refractivity contribution is 7.20. The highest BCUT2D eigenvalue weighted by atomic mass is 32.1. The monoisotopic (exact) mass is 425 g/mol. The zero-order valence-corrected chi connectivity index (χ0v) is 17.0. The Balaban J connectivity index is 1.64. The van der Waals surface area contributed by atoms with Crippen molar-refractivity contribution in [1.82, 2.24) is 19.9 Å². The average molecular weight is 425 g/mol. The van der Waals surface area contributed by atoms with Gasteiger partial charge in [0.25, 0.3) is 11.5 Å². The third-order valence-electron chi connectivity index (χ3n) is 5.85. The largest absolute Gasteiger partial charge is 0.477 e. The van der Waals surface area contributed by atoms with E-state index in [2.05, 4.69) is 20.6 Å². The standard InChI is InChI=1S/C20H19N5O4S/c1-10-7-12(23-15-11-8-13(19(28)29)30-17(11)22-9-21-15)18(27)25-14(10)16(26)24-20(25)5-3-2-4-6-20/h7-9H,2-6H2,1H3,(H,24,26)(H,28,29)(H,21,22,23). The predicted molar refractivity (Wildman–Crippen MR) is 112 cm³/mol. The van der Waals surface area contributed by atoms with Gasteiger partial charge >= 0.3 is 5.97 Å². The molecule has 3 N–H and O–H groups in total. The first kappa shape index (κ1) is 18.7. The number of anilines is 2. The molecule has 0 bridgehead atoms. The fraction of sp³-hybridized carbons (Fsp3) is 0.350. The van der Waals surface area contributed by atoms with Crippen molar-refractivity contribution in [3.8, 4) is 0 Å². The molecule has 0 saturated heterocycles.